The molecule has 0 saturated carbocycles. The number of ether oxygens (including phenoxy) is 1. The Labute approximate surface area is 198 Å². The number of fused-ring (bicyclic) bond motifs is 1. The van der Waals surface area contributed by atoms with Gasteiger partial charge in [-0.2, -0.15) is 0 Å². The molecule has 3 rings (SSSR count). The molecule has 0 saturated heterocycles. The second-order valence-corrected chi connectivity index (χ2v) is 9.97. The first-order chi connectivity index (χ1) is 15.6. The summed E-state index contributed by atoms with van der Waals surface area (Å²) in [6, 6.07) is 15.8. The number of amides is 1. The number of primary amides is 1. The van der Waals surface area contributed by atoms with Gasteiger partial charge < -0.3 is 15.0 Å². The fourth-order valence-corrected chi connectivity index (χ4v) is 4.68. The second kappa shape index (κ2) is 10.3. The Balaban J connectivity index is 1.95. The molecule has 0 spiro atoms. The van der Waals surface area contributed by atoms with Crippen molar-refractivity contribution in [1.82, 2.24) is 4.57 Å². The maximum absolute atomic E-state index is 12.8. The third kappa shape index (κ3) is 6.05. The number of rotatable bonds is 9. The van der Waals surface area contributed by atoms with Crippen molar-refractivity contribution in [2.24, 2.45) is 5.73 Å². The molecule has 2 N–H and O–H groups in total. The van der Waals surface area contributed by atoms with Crippen LogP contribution in [0.1, 0.15) is 55.7 Å². The van der Waals surface area contributed by atoms with Crippen LogP contribution in [0.3, 0.4) is 0 Å². The zero-order valence-electron chi connectivity index (χ0n) is 19.5. The summed E-state index contributed by atoms with van der Waals surface area (Å²) in [6.45, 7) is 8.07. The Morgan fingerprint density at radius 2 is 1.76 bits per heavy atom. The highest BCUT2D eigenvalue weighted by atomic mass is 32.2. The number of carbonyl (C=O) groups excluding carboxylic acids is 3. The van der Waals surface area contributed by atoms with Crippen molar-refractivity contribution in [3.8, 4) is 0 Å². The highest BCUT2D eigenvalue weighted by Gasteiger charge is 2.25. The van der Waals surface area contributed by atoms with Crippen molar-refractivity contribution < 1.29 is 19.1 Å². The summed E-state index contributed by atoms with van der Waals surface area (Å²) >= 11 is 1.51. The van der Waals surface area contributed by atoms with E-state index in [0.717, 1.165) is 21.7 Å². The molecule has 0 aliphatic carbocycles. The Bertz CT molecular complexity index is 1180. The molecule has 0 unspecified atom stereocenters. The minimum absolute atomic E-state index is 0.247. The number of nitrogens with two attached hydrogens (primary N) is 1. The van der Waals surface area contributed by atoms with E-state index in [0.29, 0.717) is 29.7 Å². The van der Waals surface area contributed by atoms with Gasteiger partial charge in [-0.05, 0) is 51.0 Å². The minimum atomic E-state index is -0.966. The predicted molar refractivity (Wildman–Crippen MR) is 132 cm³/mol. The number of hydrogen-bond donors (Lipinski definition) is 1. The van der Waals surface area contributed by atoms with E-state index in [1.807, 2.05) is 76.2 Å². The Morgan fingerprint density at radius 3 is 2.36 bits per heavy atom. The number of Topliss-reactive ketones (excluding diaryl/α,β-unsaturated/α-hetero) is 1. The Hall–Kier alpha value is -3.06. The van der Waals surface area contributed by atoms with Crippen LogP contribution in [-0.2, 0) is 27.3 Å². The van der Waals surface area contributed by atoms with Gasteiger partial charge in [-0.15, -0.1) is 11.8 Å². The van der Waals surface area contributed by atoms with Crippen LogP contribution in [0.5, 0.6) is 0 Å². The van der Waals surface area contributed by atoms with Gasteiger partial charge in [0.05, 0.1) is 12.0 Å². The molecule has 174 valence electrons. The molecule has 1 amide bonds. The SMILES string of the molecule is CCc1c(C(=O)C(N)=O)c2cc(SCCC(=O)OC(C)(C)C)ccc2n1Cc1ccccc1. The number of ketones is 1. The van der Waals surface area contributed by atoms with Crippen LogP contribution >= 0.6 is 11.8 Å². The van der Waals surface area contributed by atoms with Crippen molar-refractivity contribution in [3.05, 3.63) is 65.4 Å². The Morgan fingerprint density at radius 1 is 1.06 bits per heavy atom. The van der Waals surface area contributed by atoms with Gasteiger partial charge in [-0.1, -0.05) is 37.3 Å². The average molecular weight is 467 g/mol. The van der Waals surface area contributed by atoms with Crippen molar-refractivity contribution >= 4 is 40.3 Å². The van der Waals surface area contributed by atoms with E-state index in [1.54, 1.807) is 0 Å². The quantitative estimate of drug-likeness (QED) is 0.213. The van der Waals surface area contributed by atoms with Gasteiger partial charge >= 0.3 is 5.97 Å². The molecule has 7 heteroatoms. The number of thioether (sulfide) groups is 1. The van der Waals surface area contributed by atoms with Gasteiger partial charge in [-0.3, -0.25) is 14.4 Å². The van der Waals surface area contributed by atoms with Crippen LogP contribution in [0.2, 0.25) is 0 Å². The van der Waals surface area contributed by atoms with Crippen LogP contribution in [0, 0.1) is 0 Å². The molecule has 1 aromatic heterocycles. The molecule has 2 aromatic carbocycles. The summed E-state index contributed by atoms with van der Waals surface area (Å²) in [7, 11) is 0. The van der Waals surface area contributed by atoms with Gasteiger partial charge in [0.2, 0.25) is 0 Å². The lowest BCUT2D eigenvalue weighted by molar-refractivity contribution is -0.154. The lowest BCUT2D eigenvalue weighted by Crippen LogP contribution is -2.24. The fraction of sp³-hybridized carbons (Fsp3) is 0.346. The summed E-state index contributed by atoms with van der Waals surface area (Å²) < 4.78 is 7.44. The molecular weight excluding hydrogens is 436 g/mol. The number of benzene rings is 2. The van der Waals surface area contributed by atoms with Gasteiger partial charge in [0, 0.05) is 33.8 Å². The lowest BCUT2D eigenvalue weighted by Gasteiger charge is -2.19. The lowest BCUT2D eigenvalue weighted by atomic mass is 10.0. The van der Waals surface area contributed by atoms with Crippen LogP contribution in [0.25, 0.3) is 10.9 Å². The van der Waals surface area contributed by atoms with E-state index in [2.05, 4.69) is 4.57 Å². The van der Waals surface area contributed by atoms with Crippen molar-refractivity contribution in [2.45, 2.75) is 57.6 Å². The highest BCUT2D eigenvalue weighted by Crippen LogP contribution is 2.32. The van der Waals surface area contributed by atoms with Gasteiger partial charge in [-0.25, -0.2) is 0 Å². The first-order valence-corrected chi connectivity index (χ1v) is 12.0. The second-order valence-electron chi connectivity index (χ2n) is 8.80. The zero-order chi connectivity index (χ0) is 24.2. The molecule has 0 aliphatic rings. The molecule has 33 heavy (non-hydrogen) atoms. The zero-order valence-corrected chi connectivity index (χ0v) is 20.3. The molecule has 0 bridgehead atoms. The molecular formula is C26H30N2O4S. The van der Waals surface area contributed by atoms with E-state index in [4.69, 9.17) is 10.5 Å². The minimum Gasteiger partial charge on any atom is -0.460 e. The van der Waals surface area contributed by atoms with Crippen molar-refractivity contribution in [2.75, 3.05) is 5.75 Å². The van der Waals surface area contributed by atoms with E-state index in [1.165, 1.54) is 11.8 Å². The number of nitrogens with zero attached hydrogens (tertiary/aromatic N) is 1. The maximum Gasteiger partial charge on any atom is 0.307 e. The predicted octanol–water partition coefficient (Wildman–Crippen LogP) is 4.74. The third-order valence-electron chi connectivity index (χ3n) is 5.11. The number of esters is 1. The summed E-state index contributed by atoms with van der Waals surface area (Å²) in [4.78, 5) is 37.5. The summed E-state index contributed by atoms with van der Waals surface area (Å²) in [5.41, 5.74) is 8.00. The van der Waals surface area contributed by atoms with E-state index in [-0.39, 0.29) is 12.4 Å². The summed E-state index contributed by atoms with van der Waals surface area (Å²) in [6.07, 6.45) is 0.860. The van der Waals surface area contributed by atoms with E-state index >= 15 is 0 Å². The monoisotopic (exact) mass is 466 g/mol. The topological polar surface area (TPSA) is 91.4 Å². The standard InChI is InChI=1S/C26H30N2O4S/c1-5-20-23(24(30)25(27)31)19-15-18(33-14-13-22(29)32-26(2,3)4)11-12-21(19)28(20)16-17-9-7-6-8-10-17/h6-12,15H,5,13-14,16H2,1-4H3,(H2,27,31). The van der Waals surface area contributed by atoms with E-state index in [9.17, 15) is 14.4 Å². The maximum atomic E-state index is 12.8. The molecule has 1 heterocycles. The molecule has 0 radical (unpaired) electrons. The molecule has 0 atom stereocenters. The largest absolute Gasteiger partial charge is 0.460 e. The van der Waals surface area contributed by atoms with Crippen LogP contribution in [-0.4, -0.2) is 33.6 Å². The first kappa shape index (κ1) is 24.6. The summed E-state index contributed by atoms with van der Waals surface area (Å²) in [5, 5.41) is 0.703. The molecule has 6 nitrogen and oxygen atoms in total. The van der Waals surface area contributed by atoms with Gasteiger partial charge in [0.15, 0.2) is 0 Å². The van der Waals surface area contributed by atoms with Crippen molar-refractivity contribution in [1.29, 1.82) is 0 Å². The van der Waals surface area contributed by atoms with Gasteiger partial charge in [0.25, 0.3) is 11.7 Å². The van der Waals surface area contributed by atoms with Gasteiger partial charge in [0.1, 0.15) is 5.60 Å². The Kier molecular flexibility index (Phi) is 7.64. The molecule has 3 aromatic rings. The fourth-order valence-electron chi connectivity index (χ4n) is 3.81. The third-order valence-corrected chi connectivity index (χ3v) is 6.10. The van der Waals surface area contributed by atoms with Crippen LogP contribution in [0.4, 0.5) is 0 Å². The van der Waals surface area contributed by atoms with E-state index < -0.39 is 17.3 Å². The van der Waals surface area contributed by atoms with Crippen LogP contribution < -0.4 is 5.73 Å². The normalized spacial score (nSPS) is 11.5. The average Bonchev–Trinajstić information content (AvgIpc) is 3.05. The number of carbonyl (C=O) groups is 3. The smallest absolute Gasteiger partial charge is 0.307 e. The molecule has 0 aliphatic heterocycles. The molecule has 0 fully saturated rings. The number of hydrogen-bond acceptors (Lipinski definition) is 5. The van der Waals surface area contributed by atoms with Crippen molar-refractivity contribution in [3.63, 3.8) is 0 Å². The first-order valence-electron chi connectivity index (χ1n) is 11.0. The summed E-state index contributed by atoms with van der Waals surface area (Å²) in [5.74, 6) is -1.35. The highest BCUT2D eigenvalue weighted by molar-refractivity contribution is 7.99. The van der Waals surface area contributed by atoms with Crippen LogP contribution in [0.15, 0.2) is 53.4 Å². The number of aromatic nitrogens is 1.